The zero-order valence-electron chi connectivity index (χ0n) is 15.2. The Kier molecular flexibility index (Phi) is 6.54. The molecule has 0 bridgehead atoms. The lowest BCUT2D eigenvalue weighted by Gasteiger charge is -2.23. The van der Waals surface area contributed by atoms with Crippen molar-refractivity contribution in [2.45, 2.75) is 18.7 Å². The fourth-order valence-corrected chi connectivity index (χ4v) is 2.44. The lowest BCUT2D eigenvalue weighted by atomic mass is 10.1. The number of carbonyl (C=O) groups excluding carboxylic acids is 1. The number of ether oxygens (including phenoxy) is 1. The van der Waals surface area contributed by atoms with Gasteiger partial charge in [0.2, 0.25) is 0 Å². The number of nitrogens with zero attached hydrogens (tertiary/aromatic N) is 2. The van der Waals surface area contributed by atoms with Crippen molar-refractivity contribution < 1.29 is 32.7 Å². The summed E-state index contributed by atoms with van der Waals surface area (Å²) >= 11 is 5.85. The second-order valence-corrected chi connectivity index (χ2v) is 6.66. The molecule has 2 aromatic carbocycles. The first-order chi connectivity index (χ1) is 13.8. The van der Waals surface area contributed by atoms with E-state index in [4.69, 9.17) is 21.6 Å². The van der Waals surface area contributed by atoms with Crippen molar-refractivity contribution in [1.82, 2.24) is 0 Å². The second kappa shape index (κ2) is 8.56. The Bertz CT molecular complexity index is 1030. The van der Waals surface area contributed by atoms with E-state index in [0.29, 0.717) is 12.1 Å². The minimum absolute atomic E-state index is 0.0876. The number of benzene rings is 2. The number of aliphatic hydroxyl groups is 1. The van der Waals surface area contributed by atoms with Crippen LogP contribution in [0, 0.1) is 21.4 Å². The van der Waals surface area contributed by atoms with Gasteiger partial charge in [-0.3, -0.25) is 14.9 Å². The number of hydrogen-bond acceptors (Lipinski definition) is 6. The van der Waals surface area contributed by atoms with Crippen molar-refractivity contribution in [3.8, 4) is 11.8 Å². The summed E-state index contributed by atoms with van der Waals surface area (Å²) in [6.45, 7) is 0.462. The Balaban J connectivity index is 2.15. The molecule has 0 unspecified atom stereocenters. The maximum Gasteiger partial charge on any atom is 0.423 e. The zero-order chi connectivity index (χ0) is 22.7. The molecule has 0 aliphatic carbocycles. The van der Waals surface area contributed by atoms with E-state index in [1.807, 2.05) is 6.07 Å². The summed E-state index contributed by atoms with van der Waals surface area (Å²) in [6.07, 6.45) is -5.02. The van der Waals surface area contributed by atoms with E-state index < -0.39 is 46.2 Å². The molecule has 0 heterocycles. The van der Waals surface area contributed by atoms with Crippen molar-refractivity contribution >= 4 is 28.9 Å². The molecule has 0 saturated heterocycles. The molecule has 0 saturated carbocycles. The Hall–Kier alpha value is -3.36. The summed E-state index contributed by atoms with van der Waals surface area (Å²) in [4.78, 5) is 21.9. The van der Waals surface area contributed by atoms with Gasteiger partial charge >= 0.3 is 6.18 Å². The fraction of sp³-hybridized carbons (Fsp3) is 0.222. The molecule has 30 heavy (non-hydrogen) atoms. The van der Waals surface area contributed by atoms with Gasteiger partial charge in [0.05, 0.1) is 15.5 Å². The quantitative estimate of drug-likeness (QED) is 0.515. The number of rotatable bonds is 6. The number of anilines is 1. The number of nitriles is 1. The van der Waals surface area contributed by atoms with E-state index in [9.17, 15) is 33.2 Å². The van der Waals surface area contributed by atoms with Crippen LogP contribution in [0.3, 0.4) is 0 Å². The van der Waals surface area contributed by atoms with E-state index in [1.165, 1.54) is 18.2 Å². The predicted octanol–water partition coefficient (Wildman–Crippen LogP) is 3.91. The SMILES string of the molecule is C[C@](O)(COc1ccc(C#N)c(Cl)c1)C(=O)Nc1ccc([N+](=O)[O-])c(C(F)(F)F)c1. The van der Waals surface area contributed by atoms with Gasteiger partial charge in [0.1, 0.15) is 24.0 Å². The normalized spacial score (nSPS) is 13.1. The first kappa shape index (κ1) is 22.9. The first-order valence-corrected chi connectivity index (χ1v) is 8.45. The van der Waals surface area contributed by atoms with Crippen LogP contribution in [-0.4, -0.2) is 28.1 Å². The molecule has 0 radical (unpaired) electrons. The Labute approximate surface area is 172 Å². The van der Waals surface area contributed by atoms with Gasteiger partial charge in [-0.25, -0.2) is 0 Å². The summed E-state index contributed by atoms with van der Waals surface area (Å²) < 4.78 is 44.4. The van der Waals surface area contributed by atoms with E-state index in [2.05, 4.69) is 5.32 Å². The molecule has 12 heteroatoms. The predicted molar refractivity (Wildman–Crippen MR) is 99.0 cm³/mol. The number of hydrogen-bond donors (Lipinski definition) is 2. The third-order valence-electron chi connectivity index (χ3n) is 3.83. The van der Waals surface area contributed by atoms with Crippen LogP contribution in [0.1, 0.15) is 18.1 Å². The highest BCUT2D eigenvalue weighted by atomic mass is 35.5. The summed E-state index contributed by atoms with van der Waals surface area (Å²) in [7, 11) is 0. The molecule has 2 N–H and O–H groups in total. The number of carbonyl (C=O) groups is 1. The summed E-state index contributed by atoms with van der Waals surface area (Å²) in [5.74, 6) is -0.967. The molecule has 158 valence electrons. The summed E-state index contributed by atoms with van der Waals surface area (Å²) in [5, 5.41) is 32.1. The monoisotopic (exact) mass is 443 g/mol. The largest absolute Gasteiger partial charge is 0.490 e. The number of nitro benzene ring substituents is 1. The van der Waals surface area contributed by atoms with Crippen molar-refractivity contribution in [2.75, 3.05) is 11.9 Å². The number of amides is 1. The average Bonchev–Trinajstić information content (AvgIpc) is 2.65. The number of alkyl halides is 3. The molecule has 0 aliphatic heterocycles. The van der Waals surface area contributed by atoms with Gasteiger partial charge in [-0.1, -0.05) is 11.6 Å². The van der Waals surface area contributed by atoms with Gasteiger partial charge in [-0.05, 0) is 31.2 Å². The van der Waals surface area contributed by atoms with Crippen LogP contribution in [0.15, 0.2) is 36.4 Å². The number of halogens is 4. The highest BCUT2D eigenvalue weighted by Crippen LogP contribution is 2.37. The van der Waals surface area contributed by atoms with Crippen LogP contribution >= 0.6 is 11.6 Å². The maximum atomic E-state index is 13.0. The highest BCUT2D eigenvalue weighted by molar-refractivity contribution is 6.31. The van der Waals surface area contributed by atoms with E-state index in [1.54, 1.807) is 0 Å². The highest BCUT2D eigenvalue weighted by Gasteiger charge is 2.39. The number of nitrogens with one attached hydrogen (secondary N) is 1. The minimum Gasteiger partial charge on any atom is -0.490 e. The van der Waals surface area contributed by atoms with Crippen molar-refractivity contribution in [3.63, 3.8) is 0 Å². The van der Waals surface area contributed by atoms with E-state index in [-0.39, 0.29) is 16.3 Å². The van der Waals surface area contributed by atoms with E-state index >= 15 is 0 Å². The van der Waals surface area contributed by atoms with Crippen molar-refractivity contribution in [2.24, 2.45) is 0 Å². The van der Waals surface area contributed by atoms with E-state index in [0.717, 1.165) is 13.0 Å². The lowest BCUT2D eigenvalue weighted by Crippen LogP contribution is -2.45. The van der Waals surface area contributed by atoms with Gasteiger partial charge in [-0.15, -0.1) is 0 Å². The summed E-state index contributed by atoms with van der Waals surface area (Å²) in [6, 6.07) is 7.78. The molecule has 1 amide bonds. The van der Waals surface area contributed by atoms with Crippen LogP contribution < -0.4 is 10.1 Å². The molecule has 1 atom stereocenters. The maximum absolute atomic E-state index is 13.0. The lowest BCUT2D eigenvalue weighted by molar-refractivity contribution is -0.388. The molecule has 0 spiro atoms. The topological polar surface area (TPSA) is 125 Å². The van der Waals surface area contributed by atoms with Crippen LogP contribution in [0.5, 0.6) is 5.75 Å². The van der Waals surface area contributed by atoms with Crippen LogP contribution in [0.2, 0.25) is 5.02 Å². The van der Waals surface area contributed by atoms with Gasteiger partial charge in [0.15, 0.2) is 5.60 Å². The molecule has 0 fully saturated rings. The molecular formula is C18H13ClF3N3O5. The molecule has 0 aliphatic rings. The first-order valence-electron chi connectivity index (χ1n) is 8.07. The van der Waals surface area contributed by atoms with Gasteiger partial charge in [0.25, 0.3) is 11.6 Å². The van der Waals surface area contributed by atoms with Crippen LogP contribution in [0.25, 0.3) is 0 Å². The van der Waals surface area contributed by atoms with Crippen molar-refractivity contribution in [1.29, 1.82) is 5.26 Å². The third kappa shape index (κ3) is 5.37. The van der Waals surface area contributed by atoms with Crippen LogP contribution in [-0.2, 0) is 11.0 Å². The fourth-order valence-electron chi connectivity index (χ4n) is 2.23. The molecule has 8 nitrogen and oxygen atoms in total. The van der Waals surface area contributed by atoms with Gasteiger partial charge < -0.3 is 15.2 Å². The Morgan fingerprint density at radius 1 is 1.33 bits per heavy atom. The molecule has 2 aromatic rings. The molecular weight excluding hydrogens is 431 g/mol. The molecule has 2 rings (SSSR count). The second-order valence-electron chi connectivity index (χ2n) is 6.26. The average molecular weight is 444 g/mol. The number of nitro groups is 1. The molecule has 0 aromatic heterocycles. The summed E-state index contributed by atoms with van der Waals surface area (Å²) in [5.41, 5.74) is -5.12. The third-order valence-corrected chi connectivity index (χ3v) is 4.14. The van der Waals surface area contributed by atoms with Gasteiger partial charge in [0, 0.05) is 17.8 Å². The minimum atomic E-state index is -5.02. The van der Waals surface area contributed by atoms with Gasteiger partial charge in [-0.2, -0.15) is 18.4 Å². The Morgan fingerprint density at radius 3 is 2.53 bits per heavy atom. The zero-order valence-corrected chi connectivity index (χ0v) is 15.9. The standard InChI is InChI=1S/C18H13ClF3N3O5/c1-17(27,9-30-12-4-2-10(8-23)14(19)7-12)16(26)24-11-3-5-15(25(28)29)13(6-11)18(20,21)22/h2-7,27H,9H2,1H3,(H,24,26)/t17-/m0/s1. The van der Waals surface area contributed by atoms with Crippen LogP contribution in [0.4, 0.5) is 24.5 Å². The Morgan fingerprint density at radius 2 is 2.00 bits per heavy atom. The smallest absolute Gasteiger partial charge is 0.423 e. The van der Waals surface area contributed by atoms with Crippen molar-refractivity contribution in [3.05, 3.63) is 62.7 Å².